The fourth-order valence-electron chi connectivity index (χ4n) is 4.96. The number of carbonyl (C=O) groups is 2. The molecule has 2 fully saturated rings. The summed E-state index contributed by atoms with van der Waals surface area (Å²) in [5.74, 6) is 0.537. The molecule has 0 unspecified atom stereocenters. The summed E-state index contributed by atoms with van der Waals surface area (Å²) in [7, 11) is 0. The predicted molar refractivity (Wildman–Crippen MR) is 109 cm³/mol. The Morgan fingerprint density at radius 2 is 2.03 bits per heavy atom. The molecular formula is C22H28N4O4. The molecule has 160 valence electrons. The van der Waals surface area contributed by atoms with Crippen LogP contribution >= 0.6 is 0 Å². The molecule has 8 heteroatoms. The van der Waals surface area contributed by atoms with Crippen LogP contribution in [0.4, 0.5) is 0 Å². The van der Waals surface area contributed by atoms with Crippen LogP contribution in [0.3, 0.4) is 0 Å². The van der Waals surface area contributed by atoms with Crippen molar-refractivity contribution in [3.05, 3.63) is 41.2 Å². The van der Waals surface area contributed by atoms with Gasteiger partial charge in [-0.05, 0) is 51.7 Å². The first-order valence-electron chi connectivity index (χ1n) is 10.5. The minimum absolute atomic E-state index is 0.00596. The molecule has 2 aromatic rings. The van der Waals surface area contributed by atoms with Gasteiger partial charge in [-0.2, -0.15) is 0 Å². The lowest BCUT2D eigenvalue weighted by Crippen LogP contribution is -2.67. The topological polar surface area (TPSA) is 88.8 Å². The average molecular weight is 412 g/mol. The first-order valence-corrected chi connectivity index (χ1v) is 10.5. The first kappa shape index (κ1) is 20.4. The zero-order chi connectivity index (χ0) is 21.3. The minimum atomic E-state index is -0.322. The van der Waals surface area contributed by atoms with Crippen molar-refractivity contribution in [1.29, 1.82) is 0 Å². The molecule has 4 rings (SSSR count). The Bertz CT molecular complexity index is 943. The number of hydrogen-bond donors (Lipinski definition) is 0. The Labute approximate surface area is 176 Å². The molecule has 2 aliphatic heterocycles. The van der Waals surface area contributed by atoms with Crippen LogP contribution in [-0.4, -0.2) is 56.6 Å². The number of nitrogens with zero attached hydrogens (tertiary/aromatic N) is 4. The fraction of sp³-hybridized carbons (Fsp3) is 0.545. The van der Waals surface area contributed by atoms with Crippen LogP contribution in [0, 0.1) is 6.92 Å². The fourth-order valence-corrected chi connectivity index (χ4v) is 4.96. The number of rotatable bonds is 4. The lowest BCUT2D eigenvalue weighted by atomic mass is 9.75. The highest BCUT2D eigenvalue weighted by atomic mass is 16.6. The minimum Gasteiger partial charge on any atom is -0.486 e. The predicted octanol–water partition coefficient (Wildman–Crippen LogP) is 2.96. The quantitative estimate of drug-likeness (QED) is 0.767. The lowest BCUT2D eigenvalue weighted by Gasteiger charge is -2.56. The van der Waals surface area contributed by atoms with Crippen LogP contribution < -0.4 is 4.74 Å². The molecule has 3 heterocycles. The number of aryl methyl sites for hydroxylation is 1. The van der Waals surface area contributed by atoms with Crippen LogP contribution in [-0.2, 0) is 11.4 Å². The van der Waals surface area contributed by atoms with Gasteiger partial charge in [-0.25, -0.2) is 4.63 Å². The highest BCUT2D eigenvalue weighted by molar-refractivity contribution is 5.97. The van der Waals surface area contributed by atoms with E-state index >= 15 is 0 Å². The number of amides is 2. The molecule has 2 amide bonds. The zero-order valence-electron chi connectivity index (χ0n) is 17.8. The van der Waals surface area contributed by atoms with Crippen molar-refractivity contribution in [2.45, 2.75) is 64.6 Å². The van der Waals surface area contributed by atoms with Crippen LogP contribution in [0.2, 0.25) is 0 Å². The number of para-hydroxylation sites is 1. The van der Waals surface area contributed by atoms with Gasteiger partial charge in [-0.1, -0.05) is 22.4 Å². The highest BCUT2D eigenvalue weighted by Gasteiger charge is 2.49. The van der Waals surface area contributed by atoms with Gasteiger partial charge in [0.2, 0.25) is 5.91 Å². The van der Waals surface area contributed by atoms with Crippen molar-refractivity contribution < 1.29 is 19.0 Å². The number of ether oxygens (including phenoxy) is 1. The van der Waals surface area contributed by atoms with Crippen molar-refractivity contribution in [3.8, 4) is 5.75 Å². The smallest absolute Gasteiger partial charge is 0.257 e. The molecule has 0 spiro atoms. The van der Waals surface area contributed by atoms with Crippen molar-refractivity contribution in [3.63, 3.8) is 0 Å². The van der Waals surface area contributed by atoms with Crippen LogP contribution in [0.25, 0.3) is 0 Å². The normalized spacial score (nSPS) is 23.8. The van der Waals surface area contributed by atoms with E-state index in [1.807, 2.05) is 21.9 Å². The van der Waals surface area contributed by atoms with Crippen molar-refractivity contribution in [2.75, 3.05) is 13.1 Å². The SMILES string of the molecule is CC(=O)N1CCC[C@@H]2N(C(=O)c3ccccc3OCc3nonc3C)CCC[C@@]21C. The summed E-state index contributed by atoms with van der Waals surface area (Å²) in [5, 5.41) is 7.60. The maximum absolute atomic E-state index is 13.6. The number of fused-ring (bicyclic) bond motifs is 1. The van der Waals surface area contributed by atoms with E-state index in [0.717, 1.165) is 32.2 Å². The Morgan fingerprint density at radius 1 is 1.23 bits per heavy atom. The molecular weight excluding hydrogens is 384 g/mol. The van der Waals surface area contributed by atoms with Crippen LogP contribution in [0.15, 0.2) is 28.9 Å². The second-order valence-electron chi connectivity index (χ2n) is 8.37. The van der Waals surface area contributed by atoms with Gasteiger partial charge in [0.25, 0.3) is 5.91 Å². The van der Waals surface area contributed by atoms with Gasteiger partial charge in [0.05, 0.1) is 17.1 Å². The number of piperidine rings is 2. The van der Waals surface area contributed by atoms with E-state index in [4.69, 9.17) is 9.37 Å². The molecule has 1 aromatic carbocycles. The Balaban J connectivity index is 1.58. The zero-order valence-corrected chi connectivity index (χ0v) is 17.8. The molecule has 0 bridgehead atoms. The third-order valence-corrected chi connectivity index (χ3v) is 6.52. The molecule has 0 radical (unpaired) electrons. The summed E-state index contributed by atoms with van der Waals surface area (Å²) in [6.07, 6.45) is 3.59. The number of benzene rings is 1. The van der Waals surface area contributed by atoms with E-state index in [0.29, 0.717) is 29.2 Å². The molecule has 0 aliphatic carbocycles. The second kappa shape index (κ2) is 8.08. The number of aromatic nitrogens is 2. The molecule has 8 nitrogen and oxygen atoms in total. The van der Waals surface area contributed by atoms with Crippen molar-refractivity contribution in [2.24, 2.45) is 0 Å². The van der Waals surface area contributed by atoms with Gasteiger partial charge < -0.3 is 14.5 Å². The summed E-state index contributed by atoms with van der Waals surface area (Å²) >= 11 is 0. The summed E-state index contributed by atoms with van der Waals surface area (Å²) in [4.78, 5) is 29.8. The standard InChI is InChI=1S/C22H28N4O4/c1-15-18(24-30-23-15)14-29-19-9-5-4-8-17(19)21(28)25-12-7-11-22(3)20(25)10-6-13-26(22)16(2)27/h4-5,8-9,20H,6-7,10-14H2,1-3H3/t20-,22-/m0/s1. The maximum Gasteiger partial charge on any atom is 0.257 e. The average Bonchev–Trinajstić information content (AvgIpc) is 3.15. The monoisotopic (exact) mass is 412 g/mol. The molecule has 0 N–H and O–H groups in total. The molecule has 2 aliphatic rings. The molecule has 2 atom stereocenters. The molecule has 1 aromatic heterocycles. The van der Waals surface area contributed by atoms with Gasteiger partial charge in [0.1, 0.15) is 23.7 Å². The third-order valence-electron chi connectivity index (χ3n) is 6.52. The number of hydrogen-bond acceptors (Lipinski definition) is 6. The van der Waals surface area contributed by atoms with Gasteiger partial charge in [-0.3, -0.25) is 9.59 Å². The van der Waals surface area contributed by atoms with E-state index in [1.165, 1.54) is 0 Å². The van der Waals surface area contributed by atoms with Gasteiger partial charge in [0.15, 0.2) is 0 Å². The summed E-state index contributed by atoms with van der Waals surface area (Å²) in [6.45, 7) is 7.17. The Hall–Kier alpha value is -2.90. The third kappa shape index (κ3) is 3.55. The largest absolute Gasteiger partial charge is 0.486 e. The first-order chi connectivity index (χ1) is 14.4. The van der Waals surface area contributed by atoms with Gasteiger partial charge in [0, 0.05) is 20.0 Å². The highest BCUT2D eigenvalue weighted by Crippen LogP contribution is 2.40. The van der Waals surface area contributed by atoms with Gasteiger partial charge >= 0.3 is 0 Å². The second-order valence-corrected chi connectivity index (χ2v) is 8.37. The molecule has 30 heavy (non-hydrogen) atoms. The lowest BCUT2D eigenvalue weighted by molar-refractivity contribution is -0.143. The summed E-state index contributed by atoms with van der Waals surface area (Å²) < 4.78 is 10.6. The van der Waals surface area contributed by atoms with E-state index < -0.39 is 0 Å². The summed E-state index contributed by atoms with van der Waals surface area (Å²) in [5.41, 5.74) is 1.47. The van der Waals surface area contributed by atoms with Crippen molar-refractivity contribution in [1.82, 2.24) is 20.1 Å². The van der Waals surface area contributed by atoms with E-state index in [1.54, 1.807) is 26.0 Å². The van der Waals surface area contributed by atoms with Crippen LogP contribution in [0.5, 0.6) is 5.75 Å². The maximum atomic E-state index is 13.6. The number of carbonyl (C=O) groups excluding carboxylic acids is 2. The Morgan fingerprint density at radius 3 is 2.77 bits per heavy atom. The number of likely N-dealkylation sites (tertiary alicyclic amines) is 2. The molecule has 2 saturated heterocycles. The van der Waals surface area contributed by atoms with E-state index in [9.17, 15) is 9.59 Å². The van der Waals surface area contributed by atoms with Gasteiger partial charge in [-0.15, -0.1) is 0 Å². The Kier molecular flexibility index (Phi) is 5.49. The van der Waals surface area contributed by atoms with Crippen LogP contribution in [0.1, 0.15) is 61.3 Å². The van der Waals surface area contributed by atoms with E-state index in [2.05, 4.69) is 17.2 Å². The van der Waals surface area contributed by atoms with Crippen molar-refractivity contribution >= 4 is 11.8 Å². The molecule has 0 saturated carbocycles. The van der Waals surface area contributed by atoms with E-state index in [-0.39, 0.29) is 30.0 Å². The summed E-state index contributed by atoms with van der Waals surface area (Å²) in [6, 6.07) is 7.28.